The minimum Gasteiger partial charge on any atom is -0.432 e. The summed E-state index contributed by atoms with van der Waals surface area (Å²) < 4.78 is 161. The molecule has 7 radical (unpaired) electrons. The molecule has 7 aromatic heterocycles. The van der Waals surface area contributed by atoms with Crippen LogP contribution in [-0.4, -0.2) is 175 Å². The molecule has 0 fully saturated rings. The van der Waals surface area contributed by atoms with Crippen molar-refractivity contribution in [1.29, 1.82) is 0 Å². The van der Waals surface area contributed by atoms with E-state index in [-0.39, 0.29) is 280 Å². The molecule has 0 aromatic carbocycles. The van der Waals surface area contributed by atoms with Gasteiger partial charge in [-0.25, -0.2) is 104 Å². The summed E-state index contributed by atoms with van der Waals surface area (Å²) in [6.45, 7) is 18.8. The number of aryl methyl sites for hydroxylation is 7. The van der Waals surface area contributed by atoms with E-state index in [9.17, 15) is 73.5 Å². The van der Waals surface area contributed by atoms with Crippen LogP contribution in [0.2, 0.25) is 0 Å². The number of hydrogen-bond acceptors (Lipinski definition) is 28. The number of aliphatic hydroxyl groups is 4. The quantitative estimate of drug-likeness (QED) is 0.0459. The van der Waals surface area contributed by atoms with Gasteiger partial charge >= 0.3 is 45.8 Å². The number of hydrogen-bond donors (Lipinski definition) is 4. The van der Waals surface area contributed by atoms with Crippen LogP contribution in [0.25, 0.3) is 0 Å². The minimum atomic E-state index is -1.14. The molecule has 15 heterocycles. The molecule has 0 spiro atoms. The summed E-state index contributed by atoms with van der Waals surface area (Å²) in [5.74, 6) is -4.85. The molecule has 50 heteroatoms. The van der Waals surface area contributed by atoms with Crippen LogP contribution in [0.15, 0.2) is 172 Å². The third-order valence-electron chi connectivity index (χ3n) is 17.7. The summed E-state index contributed by atoms with van der Waals surface area (Å²) in [7, 11) is 0. The van der Waals surface area contributed by atoms with Crippen molar-refractivity contribution in [1.82, 2.24) is 66.9 Å². The van der Waals surface area contributed by atoms with Crippen LogP contribution in [-0.2, 0) is 276 Å². The van der Waals surface area contributed by atoms with Crippen LogP contribution >= 0.6 is 0 Å². The van der Waals surface area contributed by atoms with Crippen molar-refractivity contribution < 1.29 is 332 Å². The number of aliphatic hydroxyl groups excluding tert-OH is 4. The third kappa shape index (κ3) is 36.4. The summed E-state index contributed by atoms with van der Waals surface area (Å²) >= 11 is 0. The molecule has 0 bridgehead atoms. The number of rotatable bonds is 16. The third-order valence-corrected chi connectivity index (χ3v) is 17.7. The van der Waals surface area contributed by atoms with Crippen molar-refractivity contribution >= 4 is 5.97 Å². The van der Waals surface area contributed by atoms with Gasteiger partial charge in [0, 0.05) is 236 Å². The Morgan fingerprint density at radius 2 is 0.435 bits per heavy atom. The van der Waals surface area contributed by atoms with Gasteiger partial charge in [0.15, 0.2) is 49.4 Å². The molecule has 4 N–H and O–H groups in total. The molecule has 0 amide bonds. The van der Waals surface area contributed by atoms with Crippen molar-refractivity contribution in [3.63, 3.8) is 0 Å². The van der Waals surface area contributed by atoms with E-state index in [0.29, 0.717) is 65.5 Å². The van der Waals surface area contributed by atoms with Gasteiger partial charge in [-0.3, -0.25) is 4.79 Å². The van der Waals surface area contributed by atoms with Crippen molar-refractivity contribution in [3.05, 3.63) is 294 Å². The van der Waals surface area contributed by atoms with Gasteiger partial charge in [-0.2, -0.15) is 43.4 Å². The molecule has 35 nitrogen and oxygen atoms in total. The normalized spacial score (nSPS) is 23.6. The molecular weight excluding hydrogens is 2280 g/mol. The first kappa shape index (κ1) is 125. The second-order valence-corrected chi connectivity index (χ2v) is 27.2. The number of halogens is 8. The van der Waals surface area contributed by atoms with Gasteiger partial charge in [-0.1, -0.05) is 76.2 Å². The molecular formula is C81H87F8N14O21Y7-7. The predicted molar refractivity (Wildman–Crippen MR) is 415 cm³/mol. The molecule has 7 aromatic rings. The summed E-state index contributed by atoms with van der Waals surface area (Å²) in [5.41, 5.74) is -0.834. The van der Waals surface area contributed by atoms with E-state index in [2.05, 4.69) is 82.1 Å². The second-order valence-electron chi connectivity index (χ2n) is 27.2. The van der Waals surface area contributed by atoms with Gasteiger partial charge in [0.05, 0.1) is 50.8 Å². The maximum atomic E-state index is 13.5. The Hall–Kier alpha value is -3.76. The summed E-state index contributed by atoms with van der Waals surface area (Å²) in [6, 6.07) is 19.0. The monoisotopic (exact) mass is 2370 g/mol. The summed E-state index contributed by atoms with van der Waals surface area (Å²) in [5, 5.41) is 35.3. The molecule has 131 heavy (non-hydrogen) atoms. The fraction of sp³-hybridized carbons (Fsp3) is 0.444. The standard InChI is InChI=1S/3C11H12FN2O2.4C10H10FN2O3.C8H11FO3.7Y/c3*1-3-8-6-9(12)10(16-8)14-5-4-7(2)13-11(14)15;4*1-6-2-3-13(10(15)12-6)9-8(11)4-7(5-14)16-9;1-3-6-4-7(9)8(12-6)11-5(2)10;;;;;;;/h3*5-6,8,10H,3H2,1-2H3;4*3-4,7,9,14H,5H2,1H3;4,6,8H,3H2,1-2H3;;;;;;;/q7*-1;;;;;;;;/t8-,10?;2*8-,10-;4*7-,9+;6-,8?;;;;;;;/m00011110......./s1. The number of ether oxygens (including phenoxy) is 9. The fourth-order valence-corrected chi connectivity index (χ4v) is 11.4. The topological polar surface area (TPSA) is 425 Å². The Balaban J connectivity index is 0.000000744. The van der Waals surface area contributed by atoms with E-state index in [1.54, 1.807) is 48.5 Å². The molecule has 16 atom stereocenters. The maximum Gasteiger partial charge on any atom is 0.344 e. The van der Waals surface area contributed by atoms with E-state index in [4.69, 9.17) is 58.3 Å². The first-order valence-electron chi connectivity index (χ1n) is 38.1. The van der Waals surface area contributed by atoms with Crippen molar-refractivity contribution in [3.8, 4) is 0 Å². The van der Waals surface area contributed by atoms with E-state index in [0.717, 1.165) is 56.3 Å². The maximum absolute atomic E-state index is 13.5. The first-order valence-corrected chi connectivity index (χ1v) is 38.1. The van der Waals surface area contributed by atoms with E-state index >= 15 is 0 Å². The van der Waals surface area contributed by atoms with E-state index in [1.807, 2.05) is 27.7 Å². The molecule has 0 saturated heterocycles. The van der Waals surface area contributed by atoms with Crippen molar-refractivity contribution in [2.24, 2.45) is 0 Å². The van der Waals surface area contributed by atoms with E-state index in [1.165, 1.54) is 74.6 Å². The van der Waals surface area contributed by atoms with Crippen molar-refractivity contribution in [2.75, 3.05) is 26.4 Å². The molecule has 691 valence electrons. The van der Waals surface area contributed by atoms with E-state index < -0.39 is 167 Å². The minimum absolute atomic E-state index is 0. The average Bonchev–Trinajstić information content (AvgIpc) is 1.72. The molecule has 2 unspecified atom stereocenters. The number of aromatic nitrogens is 14. The van der Waals surface area contributed by atoms with Gasteiger partial charge in [0.2, 0.25) is 0 Å². The smallest absolute Gasteiger partial charge is 0.344 e. The van der Waals surface area contributed by atoms with Crippen LogP contribution in [0.1, 0.15) is 144 Å². The SMILES string of the molecule is CC[C@H]1C=C(F)C(OC(C)=O)O1.CC[C@H]1C=C(F)C(n2c[c-]c(C)nc2=O)O1.CC[C@H]1C=C(F)[C@@H](n2c[c-]c(C)nc2=O)O1.CC[C@H]1C=C(F)[C@@H](n2c[c-]c(C)nc2=O)O1.Cc1[c-]cn([C@H]2O[C@@H](CO)C=C2F)c(=O)n1.Cc1[c-]cn([C@H]2O[C@@H](CO)C=C2F)c(=O)n1.Cc1[c-]cn([C@H]2O[C@@H](CO)C=C2F)c(=O)n1.Cc1[c-]cn([C@H]2O[C@@H](CO)C=C2F)c(=O)n1.[Y].[Y].[Y].[Y].[Y].[Y].[Y]. The van der Waals surface area contributed by atoms with Gasteiger partial charge in [-0.05, 0) is 74.3 Å². The predicted octanol–water partition coefficient (Wildman–Crippen LogP) is 6.44. The molecule has 0 saturated carbocycles. The Morgan fingerprint density at radius 1 is 0.290 bits per heavy atom. The van der Waals surface area contributed by atoms with Gasteiger partial charge < -0.3 is 137 Å². The largest absolute Gasteiger partial charge is 0.432 e. The number of carbonyl (C=O) groups is 1. The van der Waals surface area contributed by atoms with Crippen LogP contribution in [0.3, 0.4) is 0 Å². The Morgan fingerprint density at radius 3 is 0.557 bits per heavy atom. The second kappa shape index (κ2) is 60.9. The van der Waals surface area contributed by atoms with Gasteiger partial charge in [0.25, 0.3) is 6.29 Å². The molecule has 0 aliphatic carbocycles. The summed E-state index contributed by atoms with van der Waals surface area (Å²) in [4.78, 5) is 116. The summed E-state index contributed by atoms with van der Waals surface area (Å²) in [6.07, 6.45) is 9.36. The van der Waals surface area contributed by atoms with Crippen LogP contribution in [0.5, 0.6) is 0 Å². The zero-order chi connectivity index (χ0) is 91.1. The molecule has 8 aliphatic rings. The first-order chi connectivity index (χ1) is 58.9. The van der Waals surface area contributed by atoms with Crippen LogP contribution in [0.4, 0.5) is 35.1 Å². The Bertz CT molecular complexity index is 4750. The van der Waals surface area contributed by atoms with Crippen LogP contribution in [0, 0.1) is 90.9 Å². The van der Waals surface area contributed by atoms with Gasteiger partial charge in [-0.15, -0.1) is 39.9 Å². The Labute approximate surface area is 921 Å². The number of carbonyl (C=O) groups excluding carboxylic acids is 1. The fourth-order valence-electron chi connectivity index (χ4n) is 11.4. The zero-order valence-electron chi connectivity index (χ0n) is 72.6. The Kier molecular flexibility index (Phi) is 58.3. The van der Waals surface area contributed by atoms with Gasteiger partial charge in [0.1, 0.15) is 65.2 Å². The number of nitrogens with zero attached hydrogens (tertiary/aromatic N) is 14. The molecule has 15 rings (SSSR count). The zero-order valence-corrected chi connectivity index (χ0v) is 92.5. The van der Waals surface area contributed by atoms with Crippen LogP contribution < -0.4 is 39.8 Å². The van der Waals surface area contributed by atoms with Crippen molar-refractivity contribution in [2.45, 2.75) is 207 Å². The average molecular weight is 2370 g/mol. The molecule has 8 aliphatic heterocycles. The number of esters is 1.